The van der Waals surface area contributed by atoms with Gasteiger partial charge in [0.05, 0.1) is 0 Å². The Morgan fingerprint density at radius 3 is 1.62 bits per heavy atom. The lowest BCUT2D eigenvalue weighted by Crippen LogP contribution is -2.16. The fourth-order valence-corrected chi connectivity index (χ4v) is 9.31. The number of hydrogen-bond donors (Lipinski definition) is 0. The van der Waals surface area contributed by atoms with E-state index in [1.54, 1.807) is 0 Å². The summed E-state index contributed by atoms with van der Waals surface area (Å²) in [6.45, 7) is 4.69. The predicted octanol–water partition coefficient (Wildman–Crippen LogP) is 15.2. The minimum Gasteiger partial charge on any atom is -0.456 e. The number of anilines is 3. The Morgan fingerprint density at radius 2 is 0.875 bits per heavy atom. The van der Waals surface area contributed by atoms with Crippen LogP contribution in [0.25, 0.3) is 87.7 Å². The molecule has 0 fully saturated rings. The van der Waals surface area contributed by atoms with Gasteiger partial charge in [0, 0.05) is 50.1 Å². The average molecular weight is 718 g/mol. The van der Waals surface area contributed by atoms with E-state index in [-0.39, 0.29) is 5.41 Å². The SMILES string of the molecule is CC1(C)c2ccccc2-c2ccc(N(c3ccc(-c4ccccc4)cc3)c3ccc4cc5c(cc4c3)oc3cc4oc6cc7ccccc7cc6c4cc35)cc21. The van der Waals surface area contributed by atoms with Crippen LogP contribution in [0.2, 0.25) is 0 Å². The average Bonchev–Trinajstić information content (AvgIpc) is 3.84. The van der Waals surface area contributed by atoms with Crippen LogP contribution in [0.5, 0.6) is 0 Å². The number of nitrogens with zero attached hydrogens (tertiary/aromatic N) is 1. The molecule has 3 heteroatoms. The first kappa shape index (κ1) is 31.3. The molecule has 0 saturated heterocycles. The fraction of sp³-hybridized carbons (Fsp3) is 0.0566. The van der Waals surface area contributed by atoms with E-state index in [4.69, 9.17) is 8.83 Å². The van der Waals surface area contributed by atoms with Crippen molar-refractivity contribution in [2.45, 2.75) is 19.3 Å². The van der Waals surface area contributed by atoms with Crippen LogP contribution in [-0.4, -0.2) is 0 Å². The summed E-state index contributed by atoms with van der Waals surface area (Å²) < 4.78 is 13.0. The summed E-state index contributed by atoms with van der Waals surface area (Å²) in [6, 6.07) is 63.7. The first-order valence-electron chi connectivity index (χ1n) is 19.3. The molecule has 0 spiro atoms. The highest BCUT2D eigenvalue weighted by atomic mass is 16.3. The normalized spacial score (nSPS) is 13.3. The van der Waals surface area contributed by atoms with Gasteiger partial charge in [-0.15, -0.1) is 0 Å². The molecule has 0 bridgehead atoms. The van der Waals surface area contributed by atoms with Crippen LogP contribution in [0.4, 0.5) is 17.1 Å². The van der Waals surface area contributed by atoms with Crippen molar-refractivity contribution in [1.29, 1.82) is 0 Å². The zero-order valence-electron chi connectivity index (χ0n) is 31.0. The molecule has 1 aliphatic rings. The fourth-order valence-electron chi connectivity index (χ4n) is 9.31. The van der Waals surface area contributed by atoms with Crippen LogP contribution in [0.15, 0.2) is 185 Å². The van der Waals surface area contributed by atoms with E-state index >= 15 is 0 Å². The molecule has 0 atom stereocenters. The maximum Gasteiger partial charge on any atom is 0.139 e. The van der Waals surface area contributed by atoms with Gasteiger partial charge < -0.3 is 13.7 Å². The standard InChI is InChI=1S/C53H35NO2/c1-53(2)47-15-9-8-14-41(47)42-23-22-40(29-48(42)53)54(38-19-16-33(17-20-38)32-10-4-3-5-11-32)39-21-18-36-26-44-46-30-45-43-25-34-12-6-7-13-35(34)27-49(43)55-51(45)31-52(46)56-50(44)28-37(36)24-39/h3-31H,1-2H3. The van der Waals surface area contributed by atoms with Crippen molar-refractivity contribution in [2.75, 3.05) is 4.90 Å². The van der Waals surface area contributed by atoms with Gasteiger partial charge in [-0.25, -0.2) is 0 Å². The van der Waals surface area contributed by atoms with Crippen LogP contribution in [0.1, 0.15) is 25.0 Å². The molecule has 3 nitrogen and oxygen atoms in total. The summed E-state index contributed by atoms with van der Waals surface area (Å²) in [5.41, 5.74) is 14.4. The maximum atomic E-state index is 6.60. The van der Waals surface area contributed by atoms with Gasteiger partial charge >= 0.3 is 0 Å². The highest BCUT2D eigenvalue weighted by Gasteiger charge is 2.35. The van der Waals surface area contributed by atoms with Gasteiger partial charge in [-0.3, -0.25) is 0 Å². The van der Waals surface area contributed by atoms with E-state index in [0.29, 0.717) is 0 Å². The third-order valence-corrected chi connectivity index (χ3v) is 12.2. The van der Waals surface area contributed by atoms with E-state index in [2.05, 4.69) is 195 Å². The molecule has 12 rings (SSSR count). The summed E-state index contributed by atoms with van der Waals surface area (Å²) in [4.78, 5) is 2.39. The Hall–Kier alpha value is -7.10. The summed E-state index contributed by atoms with van der Waals surface area (Å²) in [7, 11) is 0. The number of fused-ring (bicyclic) bond motifs is 11. The zero-order chi connectivity index (χ0) is 37.1. The number of furan rings is 2. The van der Waals surface area contributed by atoms with Gasteiger partial charge in [0.1, 0.15) is 22.3 Å². The molecule has 0 saturated carbocycles. The Bertz CT molecular complexity index is 3380. The van der Waals surface area contributed by atoms with Crippen LogP contribution < -0.4 is 4.90 Å². The molecular weight excluding hydrogens is 683 g/mol. The van der Waals surface area contributed by atoms with Gasteiger partial charge in [-0.05, 0) is 122 Å². The van der Waals surface area contributed by atoms with E-state index in [9.17, 15) is 0 Å². The third kappa shape index (κ3) is 4.58. The van der Waals surface area contributed by atoms with Crippen molar-refractivity contribution in [2.24, 2.45) is 0 Å². The molecule has 11 aromatic rings. The molecule has 0 N–H and O–H groups in total. The first-order chi connectivity index (χ1) is 27.5. The molecule has 0 amide bonds. The maximum absolute atomic E-state index is 6.60. The Labute approximate surface area is 323 Å². The summed E-state index contributed by atoms with van der Waals surface area (Å²) >= 11 is 0. The predicted molar refractivity (Wildman–Crippen MR) is 234 cm³/mol. The Balaban J connectivity index is 1.01. The highest BCUT2D eigenvalue weighted by molar-refractivity contribution is 6.18. The van der Waals surface area contributed by atoms with Crippen LogP contribution in [0, 0.1) is 0 Å². The molecule has 56 heavy (non-hydrogen) atoms. The summed E-state index contributed by atoms with van der Waals surface area (Å²) in [5, 5.41) is 9.08. The smallest absolute Gasteiger partial charge is 0.139 e. The molecule has 0 unspecified atom stereocenters. The Kier molecular flexibility index (Phi) is 6.40. The van der Waals surface area contributed by atoms with Gasteiger partial charge in [0.25, 0.3) is 0 Å². The largest absolute Gasteiger partial charge is 0.456 e. The molecule has 2 heterocycles. The van der Waals surface area contributed by atoms with Gasteiger partial charge in [0.2, 0.25) is 0 Å². The minimum absolute atomic E-state index is 0.109. The molecular formula is C53H35NO2. The lowest BCUT2D eigenvalue weighted by Gasteiger charge is -2.28. The zero-order valence-corrected chi connectivity index (χ0v) is 31.0. The van der Waals surface area contributed by atoms with Gasteiger partial charge in [-0.1, -0.05) is 117 Å². The first-order valence-corrected chi connectivity index (χ1v) is 19.3. The minimum atomic E-state index is -0.109. The van der Waals surface area contributed by atoms with E-state index < -0.39 is 0 Å². The van der Waals surface area contributed by atoms with Crippen molar-refractivity contribution in [3.63, 3.8) is 0 Å². The van der Waals surface area contributed by atoms with Crippen molar-refractivity contribution in [3.05, 3.63) is 187 Å². The second-order valence-corrected chi connectivity index (χ2v) is 15.8. The van der Waals surface area contributed by atoms with Crippen molar-refractivity contribution in [3.8, 4) is 22.3 Å². The number of benzene rings is 9. The van der Waals surface area contributed by atoms with E-state index in [1.807, 2.05) is 0 Å². The quantitative estimate of drug-likeness (QED) is 0.182. The van der Waals surface area contributed by atoms with Crippen LogP contribution in [-0.2, 0) is 5.41 Å². The molecule has 2 aromatic heterocycles. The third-order valence-electron chi connectivity index (χ3n) is 12.2. The topological polar surface area (TPSA) is 29.5 Å². The lowest BCUT2D eigenvalue weighted by atomic mass is 9.82. The molecule has 1 aliphatic carbocycles. The summed E-state index contributed by atoms with van der Waals surface area (Å²) in [6.07, 6.45) is 0. The lowest BCUT2D eigenvalue weighted by molar-refractivity contribution is 0.656. The second-order valence-electron chi connectivity index (χ2n) is 15.8. The van der Waals surface area contributed by atoms with Crippen LogP contribution >= 0.6 is 0 Å². The van der Waals surface area contributed by atoms with Crippen molar-refractivity contribution < 1.29 is 8.83 Å². The van der Waals surface area contributed by atoms with Crippen LogP contribution in [0.3, 0.4) is 0 Å². The molecule has 9 aromatic carbocycles. The number of hydrogen-bond acceptors (Lipinski definition) is 3. The molecule has 0 aliphatic heterocycles. The van der Waals surface area contributed by atoms with Gasteiger partial charge in [-0.2, -0.15) is 0 Å². The highest BCUT2D eigenvalue weighted by Crippen LogP contribution is 2.51. The molecule has 264 valence electrons. The van der Waals surface area contributed by atoms with Crippen molar-refractivity contribution in [1.82, 2.24) is 0 Å². The number of rotatable bonds is 4. The van der Waals surface area contributed by atoms with Gasteiger partial charge in [0.15, 0.2) is 0 Å². The van der Waals surface area contributed by atoms with E-state index in [1.165, 1.54) is 44.2 Å². The second kappa shape index (κ2) is 11.5. The monoisotopic (exact) mass is 717 g/mol. The molecule has 0 radical (unpaired) electrons. The van der Waals surface area contributed by atoms with E-state index in [0.717, 1.165) is 71.7 Å². The van der Waals surface area contributed by atoms with Crippen molar-refractivity contribution >= 4 is 82.5 Å². The summed E-state index contributed by atoms with van der Waals surface area (Å²) in [5.74, 6) is 0. The Morgan fingerprint density at radius 1 is 0.357 bits per heavy atom.